The van der Waals surface area contributed by atoms with Gasteiger partial charge in [0.15, 0.2) is 5.78 Å². The van der Waals surface area contributed by atoms with Crippen LogP contribution in [-0.2, 0) is 0 Å². The molecule has 1 aliphatic rings. The number of benzene rings is 1. The van der Waals surface area contributed by atoms with Crippen molar-refractivity contribution in [1.82, 2.24) is 9.88 Å². The number of carbonyl (C=O) groups excluding carboxylic acids is 2. The van der Waals surface area contributed by atoms with Gasteiger partial charge in [0.25, 0.3) is 5.91 Å². The second-order valence-corrected chi connectivity index (χ2v) is 6.41. The van der Waals surface area contributed by atoms with E-state index >= 15 is 0 Å². The first-order valence-corrected chi connectivity index (χ1v) is 8.34. The van der Waals surface area contributed by atoms with Gasteiger partial charge in [-0.05, 0) is 19.8 Å². The molecule has 2 heterocycles. The number of thiazole rings is 1. The largest absolute Gasteiger partial charge is 0.334 e. The number of aromatic nitrogens is 1. The molecule has 1 aromatic heterocycles. The Balaban J connectivity index is 1.72. The number of hydrogen-bond acceptors (Lipinski definition) is 4. The van der Waals surface area contributed by atoms with E-state index in [2.05, 4.69) is 4.98 Å². The Kier molecular flexibility index (Phi) is 4.34. The van der Waals surface area contributed by atoms with Gasteiger partial charge in [-0.2, -0.15) is 0 Å². The number of ketones is 1. The number of likely N-dealkylation sites (tertiary alicyclic amines) is 1. The molecule has 1 saturated heterocycles. The summed E-state index contributed by atoms with van der Waals surface area (Å²) in [6, 6.07) is 9.29. The number of nitrogens with zero attached hydrogens (tertiary/aromatic N) is 2. The van der Waals surface area contributed by atoms with E-state index in [-0.39, 0.29) is 17.7 Å². The summed E-state index contributed by atoms with van der Waals surface area (Å²) < 4.78 is 0. The van der Waals surface area contributed by atoms with Gasteiger partial charge in [-0.15, -0.1) is 11.3 Å². The van der Waals surface area contributed by atoms with E-state index in [1.165, 1.54) is 11.3 Å². The van der Waals surface area contributed by atoms with E-state index in [4.69, 9.17) is 0 Å². The second-order valence-electron chi connectivity index (χ2n) is 5.55. The number of hydrogen-bond donors (Lipinski definition) is 0. The predicted octanol–water partition coefficient (Wildman–Crippen LogP) is 3.33. The minimum absolute atomic E-state index is 0.00158. The third kappa shape index (κ3) is 2.95. The fraction of sp³-hybridized carbons (Fsp3) is 0.353. The molecule has 0 spiro atoms. The molecule has 0 bridgehead atoms. The van der Waals surface area contributed by atoms with Crippen LogP contribution >= 0.6 is 11.3 Å². The van der Waals surface area contributed by atoms with Gasteiger partial charge in [-0.3, -0.25) is 9.59 Å². The van der Waals surface area contributed by atoms with Gasteiger partial charge in [0.1, 0.15) is 4.88 Å². The van der Waals surface area contributed by atoms with Gasteiger partial charge < -0.3 is 4.90 Å². The molecule has 4 nitrogen and oxygen atoms in total. The molecule has 0 saturated carbocycles. The van der Waals surface area contributed by atoms with Gasteiger partial charge in [0.05, 0.1) is 11.2 Å². The van der Waals surface area contributed by atoms with Crippen LogP contribution in [0.1, 0.15) is 45.0 Å². The molecule has 1 atom stereocenters. The van der Waals surface area contributed by atoms with Crippen LogP contribution in [0.15, 0.2) is 35.8 Å². The Morgan fingerprint density at radius 3 is 2.77 bits per heavy atom. The molecule has 0 unspecified atom stereocenters. The summed E-state index contributed by atoms with van der Waals surface area (Å²) >= 11 is 1.37. The zero-order valence-corrected chi connectivity index (χ0v) is 13.3. The molecule has 0 aliphatic carbocycles. The van der Waals surface area contributed by atoms with Crippen LogP contribution in [0.25, 0.3) is 0 Å². The maximum atomic E-state index is 12.6. The zero-order chi connectivity index (χ0) is 15.5. The fourth-order valence-corrected chi connectivity index (χ4v) is 3.67. The standard InChI is InChI=1S/C17H18N2O2S/c1-12-16(22-11-18-12)17(21)19-9-5-8-14(19)10-15(20)13-6-3-2-4-7-13/h2-4,6-7,11,14H,5,8-10H2,1H3/t14-/m0/s1. The van der Waals surface area contributed by atoms with Crippen molar-refractivity contribution in [3.8, 4) is 0 Å². The molecule has 22 heavy (non-hydrogen) atoms. The molecule has 3 rings (SSSR count). The van der Waals surface area contributed by atoms with Crippen LogP contribution < -0.4 is 0 Å². The number of aryl methyl sites for hydroxylation is 1. The molecule has 1 aliphatic heterocycles. The highest BCUT2D eigenvalue weighted by molar-refractivity contribution is 7.11. The minimum atomic E-state index is 0.00158. The quantitative estimate of drug-likeness (QED) is 0.813. The minimum Gasteiger partial charge on any atom is -0.334 e. The van der Waals surface area contributed by atoms with Crippen molar-refractivity contribution in [2.45, 2.75) is 32.2 Å². The van der Waals surface area contributed by atoms with Gasteiger partial charge in [0.2, 0.25) is 0 Å². The molecule has 1 fully saturated rings. The van der Waals surface area contributed by atoms with Crippen molar-refractivity contribution in [1.29, 1.82) is 0 Å². The Morgan fingerprint density at radius 1 is 1.32 bits per heavy atom. The third-order valence-corrected chi connectivity index (χ3v) is 5.01. The van der Waals surface area contributed by atoms with Crippen molar-refractivity contribution in [3.63, 3.8) is 0 Å². The van der Waals surface area contributed by atoms with Crippen molar-refractivity contribution in [2.75, 3.05) is 6.54 Å². The summed E-state index contributed by atoms with van der Waals surface area (Å²) in [5.74, 6) is 0.120. The van der Waals surface area contributed by atoms with Gasteiger partial charge in [0, 0.05) is 24.6 Å². The average Bonchev–Trinajstić information content (AvgIpc) is 3.16. The summed E-state index contributed by atoms with van der Waals surface area (Å²) in [5, 5.41) is 0. The summed E-state index contributed by atoms with van der Waals surface area (Å²) in [6.45, 7) is 2.58. The highest BCUT2D eigenvalue weighted by Crippen LogP contribution is 2.26. The number of Topliss-reactive ketones (excluding diaryl/α,β-unsaturated/α-hetero) is 1. The van der Waals surface area contributed by atoms with Crippen LogP contribution in [0.2, 0.25) is 0 Å². The summed E-state index contributed by atoms with van der Waals surface area (Å²) in [4.78, 5) is 31.7. The summed E-state index contributed by atoms with van der Waals surface area (Å²) in [6.07, 6.45) is 2.24. The molecule has 114 valence electrons. The first-order valence-electron chi connectivity index (χ1n) is 7.46. The average molecular weight is 314 g/mol. The van der Waals surface area contributed by atoms with Crippen molar-refractivity contribution in [2.24, 2.45) is 0 Å². The van der Waals surface area contributed by atoms with Crippen molar-refractivity contribution in [3.05, 3.63) is 52.0 Å². The maximum absolute atomic E-state index is 12.6. The lowest BCUT2D eigenvalue weighted by Gasteiger charge is -2.24. The maximum Gasteiger partial charge on any atom is 0.266 e. The molecule has 0 radical (unpaired) electrons. The Bertz CT molecular complexity index is 681. The fourth-order valence-electron chi connectivity index (χ4n) is 2.91. The molecule has 2 aromatic rings. The highest BCUT2D eigenvalue weighted by Gasteiger charge is 2.32. The van der Waals surface area contributed by atoms with E-state index in [0.29, 0.717) is 11.3 Å². The molecule has 5 heteroatoms. The normalized spacial score (nSPS) is 17.7. The Hall–Kier alpha value is -2.01. The smallest absolute Gasteiger partial charge is 0.266 e. The first-order chi connectivity index (χ1) is 10.7. The van der Waals surface area contributed by atoms with Crippen LogP contribution in [0.4, 0.5) is 0 Å². The van der Waals surface area contributed by atoms with Crippen LogP contribution in [0, 0.1) is 6.92 Å². The number of rotatable bonds is 4. The second kappa shape index (κ2) is 6.40. The predicted molar refractivity (Wildman–Crippen MR) is 86.3 cm³/mol. The van der Waals surface area contributed by atoms with Crippen molar-refractivity contribution < 1.29 is 9.59 Å². The van der Waals surface area contributed by atoms with Crippen molar-refractivity contribution >= 4 is 23.0 Å². The molecule has 1 amide bonds. The topological polar surface area (TPSA) is 50.3 Å². The summed E-state index contributed by atoms with van der Waals surface area (Å²) in [7, 11) is 0. The van der Waals surface area contributed by atoms with Gasteiger partial charge >= 0.3 is 0 Å². The molecule has 1 aromatic carbocycles. The van der Waals surface area contributed by atoms with Gasteiger partial charge in [-0.25, -0.2) is 4.98 Å². The van der Waals surface area contributed by atoms with Crippen LogP contribution in [-0.4, -0.2) is 34.2 Å². The van der Waals surface area contributed by atoms with Crippen LogP contribution in [0.3, 0.4) is 0 Å². The Morgan fingerprint density at radius 2 is 2.09 bits per heavy atom. The molecular weight excluding hydrogens is 296 g/mol. The lowest BCUT2D eigenvalue weighted by Crippen LogP contribution is -2.36. The van der Waals surface area contributed by atoms with E-state index in [0.717, 1.165) is 30.6 Å². The van der Waals surface area contributed by atoms with E-state index in [1.54, 1.807) is 5.51 Å². The SMILES string of the molecule is Cc1ncsc1C(=O)N1CCC[C@H]1CC(=O)c1ccccc1. The third-order valence-electron chi connectivity index (χ3n) is 4.09. The highest BCUT2D eigenvalue weighted by atomic mass is 32.1. The van der Waals surface area contributed by atoms with E-state index in [1.807, 2.05) is 42.2 Å². The van der Waals surface area contributed by atoms with Crippen LogP contribution in [0.5, 0.6) is 0 Å². The monoisotopic (exact) mass is 314 g/mol. The lowest BCUT2D eigenvalue weighted by molar-refractivity contribution is 0.0721. The Labute approximate surface area is 133 Å². The lowest BCUT2D eigenvalue weighted by atomic mass is 10.0. The number of amides is 1. The van der Waals surface area contributed by atoms with Gasteiger partial charge in [-0.1, -0.05) is 30.3 Å². The van der Waals surface area contributed by atoms with E-state index < -0.39 is 0 Å². The first kappa shape index (κ1) is 14.9. The number of carbonyl (C=O) groups is 2. The summed E-state index contributed by atoms with van der Waals surface area (Å²) in [5.41, 5.74) is 3.19. The molecular formula is C17H18N2O2S. The van der Waals surface area contributed by atoms with E-state index in [9.17, 15) is 9.59 Å². The zero-order valence-electron chi connectivity index (χ0n) is 12.5. The molecule has 0 N–H and O–H groups in total.